The van der Waals surface area contributed by atoms with Crippen LogP contribution in [-0.4, -0.2) is 22.9 Å². The van der Waals surface area contributed by atoms with Gasteiger partial charge in [0.15, 0.2) is 0 Å². The topological polar surface area (TPSA) is 34.0 Å². The third-order valence-corrected chi connectivity index (χ3v) is 7.87. The Morgan fingerprint density at radius 3 is 1.43 bits per heavy atom. The number of pyridine rings is 2. The van der Waals surface area contributed by atoms with Gasteiger partial charge in [0.2, 0.25) is 0 Å². The van der Waals surface area contributed by atoms with Crippen molar-refractivity contribution in [3.63, 3.8) is 0 Å². The molecule has 0 unspecified atom stereocenters. The molecule has 5 aromatic carbocycles. The minimum absolute atomic E-state index is 0. The van der Waals surface area contributed by atoms with E-state index in [-0.39, 0.29) is 29.5 Å². The fourth-order valence-electron chi connectivity index (χ4n) is 5.88. The fraction of sp³-hybridized carbons (Fsp3) is 0. The zero-order chi connectivity index (χ0) is 29.3. The predicted octanol–water partition coefficient (Wildman–Crippen LogP) is 9.59. The normalized spacial score (nSPS) is 10.7. The van der Waals surface area contributed by atoms with Crippen molar-refractivity contribution >= 4 is 47.3 Å². The van der Waals surface area contributed by atoms with Gasteiger partial charge >= 0.3 is 21.1 Å². The molecule has 46 heavy (non-hydrogen) atoms. The molecule has 0 aliphatic heterocycles. The van der Waals surface area contributed by atoms with Crippen molar-refractivity contribution in [2.45, 2.75) is 0 Å². The Morgan fingerprint density at radius 1 is 0.478 bits per heavy atom. The molecule has 0 atom stereocenters. The Labute approximate surface area is 284 Å². The third-order valence-electron chi connectivity index (χ3n) is 7.87. The van der Waals surface area contributed by atoms with Gasteiger partial charge in [-0.3, -0.25) is 0 Å². The second-order valence-electron chi connectivity index (χ2n) is 10.6. The molecule has 0 fully saturated rings. The van der Waals surface area contributed by atoms with Gasteiger partial charge in [0.05, 0.1) is 11.0 Å². The summed E-state index contributed by atoms with van der Waals surface area (Å²) in [6, 6.07) is 57.4. The van der Waals surface area contributed by atoms with Crippen LogP contribution < -0.4 is 4.90 Å². The minimum Gasteiger partial charge on any atom is -0.346 e. The molecule has 6 heteroatoms. The molecule has 0 saturated carbocycles. The second kappa shape index (κ2) is 13.4. The number of hydrogen-bond acceptors (Lipinski definition) is 3. The maximum atomic E-state index is 4.57. The summed E-state index contributed by atoms with van der Waals surface area (Å²) < 4.78 is 2.33. The molecule has 0 amide bonds. The molecule has 0 saturated heterocycles. The third kappa shape index (κ3) is 5.66. The predicted molar refractivity (Wildman–Crippen MR) is 185 cm³/mol. The molecule has 0 bridgehead atoms. The Balaban J connectivity index is 0.00000186. The van der Waals surface area contributed by atoms with Gasteiger partial charge in [-0.05, 0) is 71.3 Å². The van der Waals surface area contributed by atoms with Gasteiger partial charge in [-0.2, -0.15) is 0 Å². The van der Waals surface area contributed by atoms with Gasteiger partial charge < -0.3 is 19.4 Å². The van der Waals surface area contributed by atoms with Gasteiger partial charge in [0, 0.05) is 43.0 Å². The van der Waals surface area contributed by atoms with Gasteiger partial charge in [-0.25, -0.2) is 0 Å². The largest absolute Gasteiger partial charge is 2.00 e. The van der Waals surface area contributed by atoms with Crippen molar-refractivity contribution in [3.05, 3.63) is 170 Å². The van der Waals surface area contributed by atoms with E-state index in [4.69, 9.17) is 0 Å². The Kier molecular flexibility index (Phi) is 8.96. The van der Waals surface area contributed by atoms with E-state index in [2.05, 4.69) is 129 Å². The van der Waals surface area contributed by atoms with Crippen LogP contribution in [0.4, 0.5) is 17.1 Å². The number of anilines is 3. The first-order chi connectivity index (χ1) is 21.8. The van der Waals surface area contributed by atoms with E-state index in [9.17, 15) is 0 Å². The summed E-state index contributed by atoms with van der Waals surface area (Å²) in [6.07, 6.45) is 3.62. The van der Waals surface area contributed by atoms with Crippen LogP contribution in [0.2, 0.25) is 0 Å². The standard InChI is InChI=1S/C40H26N4.B.Pt/c1-3-19-39-35(15-1)36-16-2-4-20-40(36)44(39)32-23-21-31(22-24-32)43(33-13-9-11-29(27-33)37-17-5-7-25-41-37)34-14-10-12-30(28-34)38-18-6-8-26-42-38;;/h1-26H;;/q-2;;+2. The van der Waals surface area contributed by atoms with E-state index in [0.29, 0.717) is 0 Å². The molecule has 4 nitrogen and oxygen atoms in total. The first-order valence-electron chi connectivity index (χ1n) is 14.6. The first kappa shape index (κ1) is 30.8. The van der Waals surface area contributed by atoms with E-state index in [1.807, 2.05) is 60.9 Å². The van der Waals surface area contributed by atoms with Gasteiger partial charge in [-0.15, -0.1) is 59.7 Å². The molecule has 8 rings (SSSR count). The van der Waals surface area contributed by atoms with E-state index in [1.54, 1.807) is 0 Å². The van der Waals surface area contributed by atoms with Crippen molar-refractivity contribution in [1.29, 1.82) is 0 Å². The summed E-state index contributed by atoms with van der Waals surface area (Å²) in [7, 11) is 0. The molecule has 0 aliphatic carbocycles. The Morgan fingerprint density at radius 2 is 0.957 bits per heavy atom. The zero-order valence-electron chi connectivity index (χ0n) is 24.7. The van der Waals surface area contributed by atoms with Crippen LogP contribution in [0.3, 0.4) is 0 Å². The molecule has 0 aliphatic rings. The van der Waals surface area contributed by atoms with E-state index in [0.717, 1.165) is 45.3 Å². The molecule has 0 N–H and O–H groups in total. The van der Waals surface area contributed by atoms with Gasteiger partial charge in [0.25, 0.3) is 0 Å². The maximum Gasteiger partial charge on any atom is 2.00 e. The van der Waals surface area contributed by atoms with Crippen LogP contribution in [-0.2, 0) is 21.1 Å². The van der Waals surface area contributed by atoms with Crippen molar-refractivity contribution in [2.75, 3.05) is 4.90 Å². The average Bonchev–Trinajstić information content (AvgIpc) is 3.44. The van der Waals surface area contributed by atoms with E-state index in [1.165, 1.54) is 21.8 Å². The SMILES string of the molecule is [B].[Pt+2].[c-]1c(-c2ccccn2)cccc1N(c1[c-]c(-c2ccccn2)ccc1)c1ccc(-n2c3ccccc3c3ccccc32)cc1. The number of hydrogen-bond donors (Lipinski definition) is 0. The van der Waals surface area contributed by atoms with Crippen molar-refractivity contribution in [1.82, 2.24) is 14.5 Å². The average molecular weight is 769 g/mol. The van der Waals surface area contributed by atoms with Crippen LogP contribution in [0, 0.1) is 12.1 Å². The smallest absolute Gasteiger partial charge is 0.346 e. The molecular weight excluding hydrogens is 742 g/mol. The van der Waals surface area contributed by atoms with Crippen molar-refractivity contribution in [2.24, 2.45) is 0 Å². The fourth-order valence-corrected chi connectivity index (χ4v) is 5.88. The minimum atomic E-state index is 0. The second-order valence-corrected chi connectivity index (χ2v) is 10.6. The van der Waals surface area contributed by atoms with Crippen molar-refractivity contribution in [3.8, 4) is 28.2 Å². The van der Waals surface area contributed by atoms with E-state index < -0.39 is 0 Å². The van der Waals surface area contributed by atoms with Gasteiger partial charge in [0.1, 0.15) is 0 Å². The summed E-state index contributed by atoms with van der Waals surface area (Å²) in [5.41, 5.74) is 9.87. The van der Waals surface area contributed by atoms with Crippen LogP contribution in [0.5, 0.6) is 0 Å². The molecule has 219 valence electrons. The molecule has 8 aromatic rings. The first-order valence-corrected chi connectivity index (χ1v) is 14.6. The molecular formula is C40H26BN4Pt. The van der Waals surface area contributed by atoms with Gasteiger partial charge in [-0.1, -0.05) is 60.7 Å². The van der Waals surface area contributed by atoms with Crippen molar-refractivity contribution < 1.29 is 21.1 Å². The summed E-state index contributed by atoms with van der Waals surface area (Å²) in [4.78, 5) is 11.3. The number of aromatic nitrogens is 3. The molecule has 0 spiro atoms. The molecule has 3 radical (unpaired) electrons. The number of nitrogens with zero attached hydrogens (tertiary/aromatic N) is 4. The Bertz CT molecular complexity index is 2100. The van der Waals surface area contributed by atoms with E-state index >= 15 is 0 Å². The van der Waals surface area contributed by atoms with Crippen LogP contribution in [0.1, 0.15) is 0 Å². The summed E-state index contributed by atoms with van der Waals surface area (Å²) in [5, 5.41) is 2.49. The Hall–Kier alpha value is -5.25. The number of fused-ring (bicyclic) bond motifs is 3. The van der Waals surface area contributed by atoms with Crippen LogP contribution in [0.25, 0.3) is 50.0 Å². The number of benzene rings is 5. The quantitative estimate of drug-likeness (QED) is 0.125. The zero-order valence-corrected chi connectivity index (χ0v) is 27.0. The number of para-hydroxylation sites is 2. The molecule has 3 heterocycles. The summed E-state index contributed by atoms with van der Waals surface area (Å²) in [5.74, 6) is 0. The number of rotatable bonds is 6. The van der Waals surface area contributed by atoms with Crippen LogP contribution >= 0.6 is 0 Å². The molecule has 3 aromatic heterocycles. The summed E-state index contributed by atoms with van der Waals surface area (Å²) >= 11 is 0. The summed E-state index contributed by atoms with van der Waals surface area (Å²) in [6.45, 7) is 0. The maximum absolute atomic E-state index is 4.57. The monoisotopic (exact) mass is 768 g/mol. The van der Waals surface area contributed by atoms with Crippen LogP contribution in [0.15, 0.2) is 158 Å².